The molecule has 94 valence electrons. The summed E-state index contributed by atoms with van der Waals surface area (Å²) in [4.78, 5) is 0. The van der Waals surface area contributed by atoms with Gasteiger partial charge >= 0.3 is 0 Å². The van der Waals surface area contributed by atoms with Crippen molar-refractivity contribution in [3.8, 4) is 5.75 Å². The molecule has 2 nitrogen and oxygen atoms in total. The number of hydrogen-bond acceptors (Lipinski definition) is 2. The van der Waals surface area contributed by atoms with Gasteiger partial charge in [0.2, 0.25) is 0 Å². The Hall–Kier alpha value is -1.26. The molecule has 2 N–H and O–H groups in total. The van der Waals surface area contributed by atoms with E-state index in [0.717, 1.165) is 5.56 Å². The normalized spacial score (nSPS) is 10.4. The van der Waals surface area contributed by atoms with Crippen molar-refractivity contribution in [2.24, 2.45) is 0 Å². The van der Waals surface area contributed by atoms with Gasteiger partial charge in [-0.05, 0) is 45.8 Å². The smallest absolute Gasteiger partial charge is 0.141 e. The molecule has 0 atom stereocenters. The molecule has 0 amide bonds. The Balaban J connectivity index is 2.11. The summed E-state index contributed by atoms with van der Waals surface area (Å²) < 4.78 is 19.3. The zero-order valence-corrected chi connectivity index (χ0v) is 11.6. The zero-order valence-electron chi connectivity index (χ0n) is 9.29. The van der Waals surface area contributed by atoms with Crippen molar-refractivity contribution in [2.45, 2.75) is 6.61 Å². The van der Waals surface area contributed by atoms with Gasteiger partial charge in [0, 0.05) is 5.69 Å². The highest BCUT2D eigenvalue weighted by atomic mass is 79.9. The summed E-state index contributed by atoms with van der Waals surface area (Å²) in [5, 5.41) is 0.0859. The zero-order chi connectivity index (χ0) is 13.1. The van der Waals surface area contributed by atoms with Crippen LogP contribution >= 0.6 is 27.5 Å². The first kappa shape index (κ1) is 13.2. The molecule has 0 aliphatic heterocycles. The summed E-state index contributed by atoms with van der Waals surface area (Å²) in [5.41, 5.74) is 7.13. The van der Waals surface area contributed by atoms with Gasteiger partial charge in [0.25, 0.3) is 0 Å². The van der Waals surface area contributed by atoms with E-state index in [-0.39, 0.29) is 5.02 Å². The highest BCUT2D eigenvalue weighted by Gasteiger charge is 2.05. The van der Waals surface area contributed by atoms with Gasteiger partial charge in [-0.25, -0.2) is 4.39 Å². The second kappa shape index (κ2) is 5.59. The second-order valence-electron chi connectivity index (χ2n) is 3.70. The summed E-state index contributed by atoms with van der Waals surface area (Å²) in [5.74, 6) is 0.195. The highest BCUT2D eigenvalue weighted by molar-refractivity contribution is 9.10. The standard InChI is InChI=1S/C13H10BrClFNO/c14-13-11(17)2-1-3-12(13)18-7-8-4-5-10(16)9(15)6-8/h1-6H,7,17H2. The summed E-state index contributed by atoms with van der Waals surface area (Å²) in [6.07, 6.45) is 0. The maximum Gasteiger partial charge on any atom is 0.141 e. The number of hydrogen-bond donors (Lipinski definition) is 1. The van der Waals surface area contributed by atoms with Crippen LogP contribution in [0.25, 0.3) is 0 Å². The lowest BCUT2D eigenvalue weighted by Gasteiger charge is -2.10. The van der Waals surface area contributed by atoms with Crippen LogP contribution in [-0.2, 0) is 6.61 Å². The summed E-state index contributed by atoms with van der Waals surface area (Å²) in [6, 6.07) is 9.85. The maximum absolute atomic E-state index is 13.0. The van der Waals surface area contributed by atoms with E-state index in [1.807, 2.05) is 0 Å². The summed E-state index contributed by atoms with van der Waals surface area (Å²) >= 11 is 9.04. The SMILES string of the molecule is Nc1cccc(OCc2ccc(F)c(Cl)c2)c1Br. The van der Waals surface area contributed by atoms with Crippen LogP contribution in [0.5, 0.6) is 5.75 Å². The molecule has 0 spiro atoms. The highest BCUT2D eigenvalue weighted by Crippen LogP contribution is 2.31. The number of rotatable bonds is 3. The number of benzene rings is 2. The van der Waals surface area contributed by atoms with Crippen LogP contribution in [0.3, 0.4) is 0 Å². The summed E-state index contributed by atoms with van der Waals surface area (Å²) in [6.45, 7) is 0.294. The maximum atomic E-state index is 13.0. The molecule has 0 radical (unpaired) electrons. The fourth-order valence-electron chi connectivity index (χ4n) is 1.43. The van der Waals surface area contributed by atoms with Crippen molar-refractivity contribution < 1.29 is 9.13 Å². The quantitative estimate of drug-likeness (QED) is 0.846. The van der Waals surface area contributed by atoms with Crippen LogP contribution in [0.2, 0.25) is 5.02 Å². The van der Waals surface area contributed by atoms with E-state index in [4.69, 9.17) is 22.1 Å². The minimum Gasteiger partial charge on any atom is -0.488 e. The van der Waals surface area contributed by atoms with Crippen molar-refractivity contribution >= 4 is 33.2 Å². The lowest BCUT2D eigenvalue weighted by Crippen LogP contribution is -1.98. The fraction of sp³-hybridized carbons (Fsp3) is 0.0769. The average molecular weight is 331 g/mol. The first-order valence-electron chi connectivity index (χ1n) is 5.18. The molecule has 0 aromatic heterocycles. The predicted octanol–water partition coefficient (Wildman–Crippen LogP) is 4.40. The minimum atomic E-state index is -0.439. The van der Waals surface area contributed by atoms with Crippen LogP contribution < -0.4 is 10.5 Å². The number of halogens is 3. The van der Waals surface area contributed by atoms with Crippen LogP contribution in [0, 0.1) is 5.82 Å². The monoisotopic (exact) mass is 329 g/mol. The molecule has 0 unspecified atom stereocenters. The van der Waals surface area contributed by atoms with Gasteiger partial charge < -0.3 is 10.5 Å². The Morgan fingerprint density at radius 3 is 2.78 bits per heavy atom. The largest absolute Gasteiger partial charge is 0.488 e. The van der Waals surface area contributed by atoms with E-state index in [9.17, 15) is 4.39 Å². The molecule has 0 aliphatic rings. The molecule has 0 aliphatic carbocycles. The molecular weight excluding hydrogens is 321 g/mol. The lowest BCUT2D eigenvalue weighted by atomic mass is 10.2. The second-order valence-corrected chi connectivity index (χ2v) is 4.90. The Kier molecular flexibility index (Phi) is 4.09. The Bertz CT molecular complexity index is 577. The van der Waals surface area contributed by atoms with Crippen LogP contribution in [-0.4, -0.2) is 0 Å². The van der Waals surface area contributed by atoms with Gasteiger partial charge in [0.1, 0.15) is 18.2 Å². The fourth-order valence-corrected chi connectivity index (χ4v) is 2.01. The van der Waals surface area contributed by atoms with Gasteiger partial charge in [-0.3, -0.25) is 0 Å². The van der Waals surface area contributed by atoms with Gasteiger partial charge in [-0.1, -0.05) is 23.7 Å². The van der Waals surface area contributed by atoms with Crippen molar-refractivity contribution in [3.63, 3.8) is 0 Å². The first-order valence-corrected chi connectivity index (χ1v) is 6.35. The topological polar surface area (TPSA) is 35.2 Å². The summed E-state index contributed by atoms with van der Waals surface area (Å²) in [7, 11) is 0. The number of anilines is 1. The van der Waals surface area contributed by atoms with Crippen molar-refractivity contribution in [2.75, 3.05) is 5.73 Å². The van der Waals surface area contributed by atoms with Gasteiger partial charge in [-0.2, -0.15) is 0 Å². The molecule has 0 saturated heterocycles. The Labute approximate surface area is 118 Å². The molecule has 2 rings (SSSR count). The molecule has 2 aromatic carbocycles. The van der Waals surface area contributed by atoms with Gasteiger partial charge in [0.15, 0.2) is 0 Å². The first-order chi connectivity index (χ1) is 8.58. The molecular formula is C13H10BrClFNO. The number of ether oxygens (including phenoxy) is 1. The molecule has 0 saturated carbocycles. The molecule has 0 heterocycles. The third-order valence-electron chi connectivity index (χ3n) is 2.37. The van der Waals surface area contributed by atoms with E-state index < -0.39 is 5.82 Å². The number of nitrogens with two attached hydrogens (primary N) is 1. The predicted molar refractivity (Wildman–Crippen MR) is 74.3 cm³/mol. The Morgan fingerprint density at radius 1 is 1.28 bits per heavy atom. The molecule has 5 heteroatoms. The van der Waals surface area contributed by atoms with E-state index in [0.29, 0.717) is 22.5 Å². The average Bonchev–Trinajstić information content (AvgIpc) is 2.35. The van der Waals surface area contributed by atoms with E-state index in [2.05, 4.69) is 15.9 Å². The van der Waals surface area contributed by atoms with Crippen LogP contribution in [0.15, 0.2) is 40.9 Å². The molecule has 0 fully saturated rings. The van der Waals surface area contributed by atoms with Crippen molar-refractivity contribution in [1.82, 2.24) is 0 Å². The van der Waals surface area contributed by atoms with E-state index in [1.54, 1.807) is 24.3 Å². The van der Waals surface area contributed by atoms with Crippen LogP contribution in [0.1, 0.15) is 5.56 Å². The van der Waals surface area contributed by atoms with Gasteiger partial charge in [-0.15, -0.1) is 0 Å². The molecule has 2 aromatic rings. The molecule has 0 bridgehead atoms. The van der Waals surface area contributed by atoms with Crippen molar-refractivity contribution in [1.29, 1.82) is 0 Å². The van der Waals surface area contributed by atoms with E-state index >= 15 is 0 Å². The van der Waals surface area contributed by atoms with Gasteiger partial charge in [0.05, 0.1) is 9.50 Å². The minimum absolute atomic E-state index is 0.0859. The van der Waals surface area contributed by atoms with E-state index in [1.165, 1.54) is 12.1 Å². The van der Waals surface area contributed by atoms with Crippen molar-refractivity contribution in [3.05, 3.63) is 57.3 Å². The lowest BCUT2D eigenvalue weighted by molar-refractivity contribution is 0.304. The molecule has 18 heavy (non-hydrogen) atoms. The number of nitrogen functional groups attached to an aromatic ring is 1. The third-order valence-corrected chi connectivity index (χ3v) is 3.51. The Morgan fingerprint density at radius 2 is 2.06 bits per heavy atom. The third kappa shape index (κ3) is 2.94. The van der Waals surface area contributed by atoms with Crippen LogP contribution in [0.4, 0.5) is 10.1 Å².